The van der Waals surface area contributed by atoms with Gasteiger partial charge in [0.25, 0.3) is 5.91 Å². The first-order chi connectivity index (χ1) is 9.19. The van der Waals surface area contributed by atoms with E-state index in [2.05, 4.69) is 15.4 Å². The summed E-state index contributed by atoms with van der Waals surface area (Å²) >= 11 is 0. The maximum atomic E-state index is 11.8. The van der Waals surface area contributed by atoms with Crippen molar-refractivity contribution >= 4 is 5.91 Å². The Morgan fingerprint density at radius 3 is 3.05 bits per heavy atom. The molecule has 102 valence electrons. The smallest absolute Gasteiger partial charge is 0.271 e. The van der Waals surface area contributed by atoms with E-state index >= 15 is 0 Å². The van der Waals surface area contributed by atoms with Gasteiger partial charge in [-0.15, -0.1) is 0 Å². The van der Waals surface area contributed by atoms with Crippen LogP contribution in [0.1, 0.15) is 16.2 Å². The highest BCUT2D eigenvalue weighted by Gasteiger charge is 2.08. The van der Waals surface area contributed by atoms with Crippen LogP contribution in [0.2, 0.25) is 0 Å². The SMILES string of the molecule is Cn1ccc(CCNC(=O)c2cn(CCN)cn2)n1. The van der Waals surface area contributed by atoms with E-state index in [0.717, 1.165) is 5.69 Å². The van der Waals surface area contributed by atoms with E-state index in [0.29, 0.717) is 31.7 Å². The van der Waals surface area contributed by atoms with Crippen molar-refractivity contribution in [3.05, 3.63) is 36.2 Å². The molecular formula is C12H18N6O. The molecule has 0 bridgehead atoms. The van der Waals surface area contributed by atoms with Gasteiger partial charge in [0.15, 0.2) is 0 Å². The Kier molecular flexibility index (Phi) is 4.30. The van der Waals surface area contributed by atoms with Gasteiger partial charge < -0.3 is 15.6 Å². The summed E-state index contributed by atoms with van der Waals surface area (Å²) in [7, 11) is 1.87. The van der Waals surface area contributed by atoms with E-state index in [1.807, 2.05) is 19.3 Å². The number of imidazole rings is 1. The number of hydrogen-bond acceptors (Lipinski definition) is 4. The quantitative estimate of drug-likeness (QED) is 0.737. The maximum Gasteiger partial charge on any atom is 0.271 e. The summed E-state index contributed by atoms with van der Waals surface area (Å²) < 4.78 is 3.54. The van der Waals surface area contributed by atoms with Crippen LogP contribution < -0.4 is 11.1 Å². The second-order valence-corrected chi connectivity index (χ2v) is 4.27. The second-order valence-electron chi connectivity index (χ2n) is 4.27. The zero-order chi connectivity index (χ0) is 13.7. The van der Waals surface area contributed by atoms with Crippen LogP contribution in [0, 0.1) is 0 Å². The van der Waals surface area contributed by atoms with E-state index < -0.39 is 0 Å². The summed E-state index contributed by atoms with van der Waals surface area (Å²) in [6.45, 7) is 1.73. The zero-order valence-electron chi connectivity index (χ0n) is 10.9. The van der Waals surface area contributed by atoms with Crippen molar-refractivity contribution in [3.63, 3.8) is 0 Å². The molecular weight excluding hydrogens is 244 g/mol. The third-order valence-electron chi connectivity index (χ3n) is 2.69. The molecule has 0 aliphatic carbocycles. The lowest BCUT2D eigenvalue weighted by Gasteiger charge is -2.01. The van der Waals surface area contributed by atoms with Crippen molar-refractivity contribution in [2.24, 2.45) is 12.8 Å². The number of hydrogen-bond donors (Lipinski definition) is 2. The molecule has 0 atom stereocenters. The largest absolute Gasteiger partial charge is 0.350 e. The number of aromatic nitrogens is 4. The third kappa shape index (κ3) is 3.65. The first-order valence-electron chi connectivity index (χ1n) is 6.17. The highest BCUT2D eigenvalue weighted by atomic mass is 16.1. The van der Waals surface area contributed by atoms with Gasteiger partial charge in [0.05, 0.1) is 12.0 Å². The Hall–Kier alpha value is -2.15. The van der Waals surface area contributed by atoms with Crippen molar-refractivity contribution in [2.45, 2.75) is 13.0 Å². The lowest BCUT2D eigenvalue weighted by Crippen LogP contribution is -2.26. The van der Waals surface area contributed by atoms with Crippen LogP contribution in [-0.4, -0.2) is 38.3 Å². The van der Waals surface area contributed by atoms with Crippen molar-refractivity contribution in [1.82, 2.24) is 24.6 Å². The van der Waals surface area contributed by atoms with Crippen molar-refractivity contribution in [1.29, 1.82) is 0 Å². The van der Waals surface area contributed by atoms with Crippen molar-refractivity contribution in [3.8, 4) is 0 Å². The molecule has 0 unspecified atom stereocenters. The fourth-order valence-corrected chi connectivity index (χ4v) is 1.74. The average molecular weight is 262 g/mol. The summed E-state index contributed by atoms with van der Waals surface area (Å²) in [5, 5.41) is 7.06. The molecule has 19 heavy (non-hydrogen) atoms. The van der Waals surface area contributed by atoms with Crippen LogP contribution in [-0.2, 0) is 20.0 Å². The van der Waals surface area contributed by atoms with Crippen molar-refractivity contribution < 1.29 is 4.79 Å². The molecule has 1 amide bonds. The van der Waals surface area contributed by atoms with Crippen LogP contribution in [0.3, 0.4) is 0 Å². The van der Waals surface area contributed by atoms with Gasteiger partial charge in [-0.1, -0.05) is 0 Å². The Morgan fingerprint density at radius 2 is 2.37 bits per heavy atom. The van der Waals surface area contributed by atoms with Gasteiger partial charge >= 0.3 is 0 Å². The van der Waals surface area contributed by atoms with Gasteiger partial charge in [-0.3, -0.25) is 9.48 Å². The average Bonchev–Trinajstić information content (AvgIpc) is 2.99. The highest BCUT2D eigenvalue weighted by molar-refractivity contribution is 5.91. The highest BCUT2D eigenvalue weighted by Crippen LogP contribution is 1.97. The number of nitrogens with zero attached hydrogens (tertiary/aromatic N) is 4. The molecule has 0 radical (unpaired) electrons. The lowest BCUT2D eigenvalue weighted by atomic mass is 10.3. The minimum atomic E-state index is -0.174. The second kappa shape index (κ2) is 6.14. The first kappa shape index (κ1) is 13.3. The molecule has 2 aromatic rings. The lowest BCUT2D eigenvalue weighted by molar-refractivity contribution is 0.0949. The van der Waals surface area contributed by atoms with E-state index in [4.69, 9.17) is 5.73 Å². The van der Waals surface area contributed by atoms with E-state index in [1.165, 1.54) is 0 Å². The van der Waals surface area contributed by atoms with Crippen LogP contribution in [0.25, 0.3) is 0 Å². The van der Waals surface area contributed by atoms with Gasteiger partial charge in [-0.25, -0.2) is 4.98 Å². The molecule has 7 nitrogen and oxygen atoms in total. The third-order valence-corrected chi connectivity index (χ3v) is 2.69. The minimum Gasteiger partial charge on any atom is -0.350 e. The van der Waals surface area contributed by atoms with E-state index in [9.17, 15) is 4.79 Å². The number of nitrogens with one attached hydrogen (secondary N) is 1. The predicted molar refractivity (Wildman–Crippen MR) is 70.5 cm³/mol. The summed E-state index contributed by atoms with van der Waals surface area (Å²) in [5.41, 5.74) is 6.80. The molecule has 0 fully saturated rings. The van der Waals surface area contributed by atoms with Gasteiger partial charge in [0.2, 0.25) is 0 Å². The van der Waals surface area contributed by atoms with Crippen LogP contribution >= 0.6 is 0 Å². The normalized spacial score (nSPS) is 10.6. The Balaban J connectivity index is 1.80. The van der Waals surface area contributed by atoms with Crippen molar-refractivity contribution in [2.75, 3.05) is 13.1 Å². The molecule has 2 rings (SSSR count). The molecule has 0 aliphatic heterocycles. The fraction of sp³-hybridized carbons (Fsp3) is 0.417. The van der Waals surface area contributed by atoms with Gasteiger partial charge in [-0.2, -0.15) is 5.10 Å². The monoisotopic (exact) mass is 262 g/mol. The molecule has 0 saturated carbocycles. The molecule has 0 saturated heterocycles. The summed E-state index contributed by atoms with van der Waals surface area (Å²) in [4.78, 5) is 15.9. The molecule has 0 aliphatic rings. The molecule has 3 N–H and O–H groups in total. The molecule has 0 aromatic carbocycles. The zero-order valence-corrected chi connectivity index (χ0v) is 10.9. The molecule has 2 aromatic heterocycles. The Bertz CT molecular complexity index is 544. The Morgan fingerprint density at radius 1 is 1.53 bits per heavy atom. The molecule has 2 heterocycles. The standard InChI is InChI=1S/C12H18N6O/c1-17-6-3-10(16-17)2-5-14-12(19)11-8-18(7-4-13)9-15-11/h3,6,8-9H,2,4-5,7,13H2,1H3,(H,14,19). The van der Waals surface area contributed by atoms with Gasteiger partial charge in [0.1, 0.15) is 5.69 Å². The molecule has 0 spiro atoms. The summed E-state index contributed by atoms with van der Waals surface area (Å²) in [6, 6.07) is 1.93. The fourth-order valence-electron chi connectivity index (χ4n) is 1.74. The Labute approximate surface area is 111 Å². The van der Waals surface area contributed by atoms with Crippen LogP contribution in [0.4, 0.5) is 0 Å². The number of aryl methyl sites for hydroxylation is 1. The summed E-state index contributed by atoms with van der Waals surface area (Å²) in [5.74, 6) is -0.174. The number of carbonyl (C=O) groups excluding carboxylic acids is 1. The number of nitrogens with two attached hydrogens (primary N) is 1. The van der Waals surface area contributed by atoms with E-state index in [-0.39, 0.29) is 5.91 Å². The number of rotatable bonds is 6. The number of amides is 1. The van der Waals surface area contributed by atoms with Crippen LogP contribution in [0.15, 0.2) is 24.8 Å². The minimum absolute atomic E-state index is 0.174. The topological polar surface area (TPSA) is 90.8 Å². The van der Waals surface area contributed by atoms with Gasteiger partial charge in [0, 0.05) is 45.5 Å². The first-order valence-corrected chi connectivity index (χ1v) is 6.17. The van der Waals surface area contributed by atoms with E-state index in [1.54, 1.807) is 21.8 Å². The van der Waals surface area contributed by atoms with Gasteiger partial charge in [-0.05, 0) is 6.07 Å². The predicted octanol–water partition coefficient (Wildman–Crippen LogP) is -0.452. The summed E-state index contributed by atoms with van der Waals surface area (Å²) in [6.07, 6.45) is 5.89. The van der Waals surface area contributed by atoms with Crippen LogP contribution in [0.5, 0.6) is 0 Å². The molecule has 7 heteroatoms. The maximum absolute atomic E-state index is 11.8. The number of carbonyl (C=O) groups is 1.